The number of ether oxygens (including phenoxy) is 1. The van der Waals surface area contributed by atoms with E-state index in [2.05, 4.69) is 0 Å². The Kier molecular flexibility index (Phi) is 5.60. The number of unbranched alkanes of at least 4 members (excludes halogenated alkanes) is 1. The summed E-state index contributed by atoms with van der Waals surface area (Å²) in [5, 5.41) is 8.88. The van der Waals surface area contributed by atoms with Crippen LogP contribution in [-0.4, -0.2) is 54.9 Å². The molecule has 0 aromatic rings. The number of aliphatic hydroxyl groups excluding tert-OH is 1. The lowest BCUT2D eigenvalue weighted by Gasteiger charge is -2.33. The Morgan fingerprint density at radius 1 is 1.53 bits per heavy atom. The van der Waals surface area contributed by atoms with Gasteiger partial charge in [-0.25, -0.2) is 0 Å². The molecule has 1 atom stereocenters. The van der Waals surface area contributed by atoms with Crippen molar-refractivity contribution in [2.75, 3.05) is 32.8 Å². The van der Waals surface area contributed by atoms with Gasteiger partial charge in [-0.1, -0.05) is 6.42 Å². The second-order valence-electron chi connectivity index (χ2n) is 3.73. The van der Waals surface area contributed by atoms with Gasteiger partial charge in [0.2, 0.25) is 0 Å². The van der Waals surface area contributed by atoms with Gasteiger partial charge < -0.3 is 15.6 Å². The molecule has 1 saturated heterocycles. The first-order chi connectivity index (χ1) is 7.29. The lowest BCUT2D eigenvalue weighted by molar-refractivity contribution is -0.158. The third kappa shape index (κ3) is 3.77. The Morgan fingerprint density at radius 3 is 3.00 bits per heavy atom. The third-order valence-corrected chi connectivity index (χ3v) is 2.65. The monoisotopic (exact) mass is 216 g/mol. The maximum absolute atomic E-state index is 11.5. The molecule has 1 heterocycles. The molecule has 0 amide bonds. The average molecular weight is 216 g/mol. The van der Waals surface area contributed by atoms with Crippen LogP contribution in [0.15, 0.2) is 0 Å². The van der Waals surface area contributed by atoms with Crippen LogP contribution < -0.4 is 5.73 Å². The highest BCUT2D eigenvalue weighted by Gasteiger charge is 2.30. The van der Waals surface area contributed by atoms with E-state index >= 15 is 0 Å². The number of cyclic esters (lactones) is 1. The highest BCUT2D eigenvalue weighted by Crippen LogP contribution is 2.14. The SMILES string of the molecule is NCCCCC1C(=O)OCCN1CCO. The molecule has 0 spiro atoms. The lowest BCUT2D eigenvalue weighted by Crippen LogP contribution is -2.49. The van der Waals surface area contributed by atoms with E-state index in [1.807, 2.05) is 4.90 Å². The second kappa shape index (κ2) is 6.76. The summed E-state index contributed by atoms with van der Waals surface area (Å²) >= 11 is 0. The fourth-order valence-electron chi connectivity index (χ4n) is 1.84. The fourth-order valence-corrected chi connectivity index (χ4v) is 1.84. The Hall–Kier alpha value is -0.650. The number of carbonyl (C=O) groups excluding carboxylic acids is 1. The summed E-state index contributed by atoms with van der Waals surface area (Å²) in [5.74, 6) is -0.160. The third-order valence-electron chi connectivity index (χ3n) is 2.65. The quantitative estimate of drug-likeness (QED) is 0.455. The molecule has 3 N–H and O–H groups in total. The number of hydrogen-bond donors (Lipinski definition) is 2. The molecule has 0 aliphatic carbocycles. The molecule has 5 nitrogen and oxygen atoms in total. The summed E-state index contributed by atoms with van der Waals surface area (Å²) in [4.78, 5) is 13.5. The minimum absolute atomic E-state index is 0.0840. The van der Waals surface area contributed by atoms with Crippen molar-refractivity contribution in [3.05, 3.63) is 0 Å². The van der Waals surface area contributed by atoms with Crippen LogP contribution in [0.5, 0.6) is 0 Å². The van der Waals surface area contributed by atoms with E-state index < -0.39 is 0 Å². The van der Waals surface area contributed by atoms with Crippen LogP contribution in [0.25, 0.3) is 0 Å². The van der Waals surface area contributed by atoms with Crippen molar-refractivity contribution in [1.29, 1.82) is 0 Å². The fraction of sp³-hybridized carbons (Fsp3) is 0.900. The van der Waals surface area contributed by atoms with Crippen molar-refractivity contribution in [1.82, 2.24) is 4.90 Å². The summed E-state index contributed by atoms with van der Waals surface area (Å²) in [5.41, 5.74) is 5.40. The summed E-state index contributed by atoms with van der Waals surface area (Å²) < 4.78 is 5.00. The first kappa shape index (κ1) is 12.4. The van der Waals surface area contributed by atoms with Crippen molar-refractivity contribution >= 4 is 5.97 Å². The molecule has 5 heteroatoms. The van der Waals surface area contributed by atoms with E-state index in [1.165, 1.54) is 0 Å². The predicted octanol–water partition coefficient (Wildman–Crippen LogP) is -0.665. The van der Waals surface area contributed by atoms with Gasteiger partial charge in [0.25, 0.3) is 0 Å². The number of aliphatic hydroxyl groups is 1. The number of morpholine rings is 1. The Labute approximate surface area is 90.2 Å². The molecular weight excluding hydrogens is 196 g/mol. The van der Waals surface area contributed by atoms with Gasteiger partial charge in [-0.3, -0.25) is 9.69 Å². The highest BCUT2D eigenvalue weighted by molar-refractivity contribution is 5.76. The molecule has 1 fully saturated rings. The van der Waals surface area contributed by atoms with E-state index in [-0.39, 0.29) is 18.6 Å². The zero-order valence-corrected chi connectivity index (χ0v) is 9.02. The number of carbonyl (C=O) groups is 1. The highest BCUT2D eigenvalue weighted by atomic mass is 16.5. The standard InChI is InChI=1S/C10H20N2O3/c11-4-2-1-3-9-10(14)15-8-6-12(9)5-7-13/h9,13H,1-8,11H2. The molecule has 0 bridgehead atoms. The van der Waals surface area contributed by atoms with Gasteiger partial charge in [-0.2, -0.15) is 0 Å². The maximum atomic E-state index is 11.5. The molecule has 1 aliphatic heterocycles. The van der Waals surface area contributed by atoms with E-state index in [9.17, 15) is 4.79 Å². The predicted molar refractivity (Wildman–Crippen MR) is 56.3 cm³/mol. The van der Waals surface area contributed by atoms with E-state index in [0.717, 1.165) is 25.8 Å². The van der Waals surface area contributed by atoms with Crippen molar-refractivity contribution < 1.29 is 14.6 Å². The van der Waals surface area contributed by atoms with E-state index in [1.54, 1.807) is 0 Å². The number of esters is 1. The first-order valence-corrected chi connectivity index (χ1v) is 5.51. The molecule has 0 radical (unpaired) electrons. The smallest absolute Gasteiger partial charge is 0.323 e. The first-order valence-electron chi connectivity index (χ1n) is 5.51. The second-order valence-corrected chi connectivity index (χ2v) is 3.73. The van der Waals surface area contributed by atoms with E-state index in [0.29, 0.717) is 19.7 Å². The molecular formula is C10H20N2O3. The average Bonchev–Trinajstić information content (AvgIpc) is 2.23. The minimum atomic E-state index is -0.183. The van der Waals surface area contributed by atoms with Crippen LogP contribution in [0.3, 0.4) is 0 Å². The number of nitrogens with two attached hydrogens (primary N) is 1. The Balaban J connectivity index is 2.41. The topological polar surface area (TPSA) is 75.8 Å². The van der Waals surface area contributed by atoms with Crippen LogP contribution >= 0.6 is 0 Å². The number of hydrogen-bond acceptors (Lipinski definition) is 5. The van der Waals surface area contributed by atoms with E-state index in [4.69, 9.17) is 15.6 Å². The summed E-state index contributed by atoms with van der Waals surface area (Å²) in [7, 11) is 0. The van der Waals surface area contributed by atoms with Crippen molar-refractivity contribution in [2.45, 2.75) is 25.3 Å². The zero-order valence-electron chi connectivity index (χ0n) is 9.02. The molecule has 15 heavy (non-hydrogen) atoms. The van der Waals surface area contributed by atoms with Crippen LogP contribution in [0.2, 0.25) is 0 Å². The number of nitrogens with zero attached hydrogens (tertiary/aromatic N) is 1. The largest absolute Gasteiger partial charge is 0.463 e. The van der Waals surface area contributed by atoms with Crippen LogP contribution in [0.1, 0.15) is 19.3 Å². The van der Waals surface area contributed by atoms with Gasteiger partial charge in [-0.05, 0) is 19.4 Å². The van der Waals surface area contributed by atoms with Gasteiger partial charge in [0, 0.05) is 13.1 Å². The molecule has 1 unspecified atom stereocenters. The van der Waals surface area contributed by atoms with Crippen LogP contribution in [0.4, 0.5) is 0 Å². The molecule has 1 rings (SSSR count). The van der Waals surface area contributed by atoms with Gasteiger partial charge in [0.05, 0.1) is 6.61 Å². The molecule has 0 aromatic heterocycles. The molecule has 1 aliphatic rings. The molecule has 0 saturated carbocycles. The molecule has 88 valence electrons. The van der Waals surface area contributed by atoms with Crippen LogP contribution in [0, 0.1) is 0 Å². The van der Waals surface area contributed by atoms with Gasteiger partial charge >= 0.3 is 5.97 Å². The number of β-amino-alcohol motifs (C(OH)–C–C–N with tert-alkyl or cyclic N) is 1. The van der Waals surface area contributed by atoms with Gasteiger partial charge in [-0.15, -0.1) is 0 Å². The Bertz CT molecular complexity index is 197. The summed E-state index contributed by atoms with van der Waals surface area (Å²) in [6.07, 6.45) is 2.63. The van der Waals surface area contributed by atoms with Gasteiger partial charge in [0.1, 0.15) is 12.6 Å². The Morgan fingerprint density at radius 2 is 2.33 bits per heavy atom. The number of rotatable bonds is 6. The van der Waals surface area contributed by atoms with Gasteiger partial charge in [0.15, 0.2) is 0 Å². The normalized spacial score (nSPS) is 22.8. The summed E-state index contributed by atoms with van der Waals surface area (Å²) in [6.45, 7) is 2.44. The summed E-state index contributed by atoms with van der Waals surface area (Å²) in [6, 6.07) is -0.183. The molecule has 0 aromatic carbocycles. The van der Waals surface area contributed by atoms with Crippen molar-refractivity contribution in [3.63, 3.8) is 0 Å². The minimum Gasteiger partial charge on any atom is -0.463 e. The zero-order chi connectivity index (χ0) is 11.1. The lowest BCUT2D eigenvalue weighted by atomic mass is 10.1. The maximum Gasteiger partial charge on any atom is 0.323 e. The van der Waals surface area contributed by atoms with Crippen molar-refractivity contribution in [2.24, 2.45) is 5.73 Å². The van der Waals surface area contributed by atoms with Crippen LogP contribution in [-0.2, 0) is 9.53 Å². The van der Waals surface area contributed by atoms with Crippen molar-refractivity contribution in [3.8, 4) is 0 Å².